The minimum atomic E-state index is -1.88. The lowest BCUT2D eigenvalue weighted by Crippen LogP contribution is -2.70. The molecule has 67 heavy (non-hydrogen) atoms. The molecule has 16 unspecified atom stereocenters. The number of aliphatic carboxylic acids is 1. The Morgan fingerprint density at radius 2 is 1.25 bits per heavy atom. The number of aliphatic hydroxyl groups excluding tert-OH is 5. The molecular weight excluding hydrogens is 898 g/mol. The van der Waals surface area contributed by atoms with Crippen molar-refractivity contribution in [2.75, 3.05) is 19.8 Å². The summed E-state index contributed by atoms with van der Waals surface area (Å²) in [7, 11) is 0. The largest absolute Gasteiger partial charge is 0.480 e. The molecule has 0 bridgehead atoms. The smallest absolute Gasteiger partial charge is 0.326 e. The van der Waals surface area contributed by atoms with Crippen LogP contribution in [0.5, 0.6) is 0 Å². The standard InChI is InChI=1S/C39H67N9O19/c1-15(40)33(57)43-16(2)34(58)42-12-8-7-9-22(37(61)62)47-25(53)11-10-21(32(41)56)48-35(59)17(3)44-36(60)18(4)64-31-27(46-20(6)52)38(63)65-24(14-50)30(31)67-39-26(45-19(5)51)29(55)28(54)23(13-49)66-39/h15-18,21-24,26-31,38-39,49-50,54-55,63H,7-14,40H2,1-6H3,(H2,41,56)(H,42,58)(H,43,57)(H,44,60)(H,45,51)(H,46,52)(H,47,53)(H,48,59)(H,61,62). The van der Waals surface area contributed by atoms with Gasteiger partial charge in [-0.1, -0.05) is 0 Å². The van der Waals surface area contributed by atoms with Crippen LogP contribution in [0.25, 0.3) is 0 Å². The van der Waals surface area contributed by atoms with E-state index in [0.717, 1.165) is 13.8 Å². The summed E-state index contributed by atoms with van der Waals surface area (Å²) >= 11 is 0. The number of carbonyl (C=O) groups excluding carboxylic acids is 8. The Kier molecular flexibility index (Phi) is 23.9. The van der Waals surface area contributed by atoms with Crippen molar-refractivity contribution in [3.05, 3.63) is 0 Å². The van der Waals surface area contributed by atoms with Gasteiger partial charge in [0.2, 0.25) is 47.3 Å². The third-order valence-electron chi connectivity index (χ3n) is 10.6. The predicted molar refractivity (Wildman–Crippen MR) is 226 cm³/mol. The van der Waals surface area contributed by atoms with E-state index >= 15 is 0 Å². The Hall–Kier alpha value is -5.17. The molecule has 0 aromatic heterocycles. The van der Waals surface area contributed by atoms with Gasteiger partial charge in [-0.25, -0.2) is 4.79 Å². The second-order valence-corrected chi connectivity index (χ2v) is 16.2. The molecule has 2 saturated heterocycles. The minimum Gasteiger partial charge on any atom is -0.480 e. The molecule has 16 atom stereocenters. The van der Waals surface area contributed by atoms with Gasteiger partial charge in [0.1, 0.15) is 79.0 Å². The summed E-state index contributed by atoms with van der Waals surface area (Å²) in [5.74, 6) is -7.56. The van der Waals surface area contributed by atoms with E-state index in [-0.39, 0.29) is 25.8 Å². The van der Waals surface area contributed by atoms with Gasteiger partial charge in [0.25, 0.3) is 0 Å². The number of nitrogens with two attached hydrogens (primary N) is 2. The van der Waals surface area contributed by atoms with E-state index in [1.54, 1.807) is 0 Å². The predicted octanol–water partition coefficient (Wildman–Crippen LogP) is -7.73. The molecule has 28 heteroatoms. The van der Waals surface area contributed by atoms with Crippen LogP contribution in [0.15, 0.2) is 0 Å². The molecule has 0 spiro atoms. The van der Waals surface area contributed by atoms with Crippen molar-refractivity contribution in [3.8, 4) is 0 Å². The van der Waals surface area contributed by atoms with E-state index in [0.29, 0.717) is 6.42 Å². The van der Waals surface area contributed by atoms with Crippen LogP contribution in [0.3, 0.4) is 0 Å². The highest BCUT2D eigenvalue weighted by Gasteiger charge is 2.53. The van der Waals surface area contributed by atoms with Gasteiger partial charge in [-0.2, -0.15) is 0 Å². The van der Waals surface area contributed by atoms with E-state index in [2.05, 4.69) is 37.2 Å². The molecule has 0 aliphatic carbocycles. The minimum absolute atomic E-state index is 0.0316. The maximum Gasteiger partial charge on any atom is 0.326 e. The fourth-order valence-electron chi connectivity index (χ4n) is 6.85. The molecule has 17 N–H and O–H groups in total. The summed E-state index contributed by atoms with van der Waals surface area (Å²) in [4.78, 5) is 112. The molecule has 0 radical (unpaired) electrons. The molecule has 2 fully saturated rings. The lowest BCUT2D eigenvalue weighted by atomic mass is 9.94. The summed E-state index contributed by atoms with van der Waals surface area (Å²) < 4.78 is 23.2. The first-order valence-corrected chi connectivity index (χ1v) is 21.5. The van der Waals surface area contributed by atoms with Crippen LogP contribution in [-0.4, -0.2) is 201 Å². The van der Waals surface area contributed by atoms with Crippen LogP contribution >= 0.6 is 0 Å². The number of carboxylic acid groups (broad SMARTS) is 1. The summed E-state index contributed by atoms with van der Waals surface area (Å²) in [5.41, 5.74) is 10.9. The molecule has 0 aromatic rings. The van der Waals surface area contributed by atoms with Gasteiger partial charge < -0.3 is 98.3 Å². The Morgan fingerprint density at radius 3 is 1.81 bits per heavy atom. The first-order chi connectivity index (χ1) is 31.3. The summed E-state index contributed by atoms with van der Waals surface area (Å²) in [6.45, 7) is 5.99. The van der Waals surface area contributed by atoms with Gasteiger partial charge in [0.05, 0.1) is 19.3 Å². The van der Waals surface area contributed by atoms with E-state index < -0.39 is 170 Å². The highest BCUT2D eigenvalue weighted by Crippen LogP contribution is 2.31. The molecule has 382 valence electrons. The number of aliphatic hydroxyl groups is 5. The van der Waals surface area contributed by atoms with E-state index in [1.807, 2.05) is 0 Å². The van der Waals surface area contributed by atoms with Crippen LogP contribution in [0.4, 0.5) is 0 Å². The van der Waals surface area contributed by atoms with Gasteiger partial charge >= 0.3 is 5.97 Å². The number of amides is 8. The molecule has 0 saturated carbocycles. The van der Waals surface area contributed by atoms with Gasteiger partial charge in [-0.3, -0.25) is 38.4 Å². The number of rotatable bonds is 26. The molecule has 0 aromatic carbocycles. The number of ether oxygens (including phenoxy) is 4. The topological polar surface area (TPSA) is 448 Å². The normalized spacial score (nSPS) is 27.6. The third-order valence-corrected chi connectivity index (χ3v) is 10.6. The number of carbonyl (C=O) groups is 9. The Bertz CT molecular complexity index is 1730. The van der Waals surface area contributed by atoms with Gasteiger partial charge in [0.15, 0.2) is 12.6 Å². The number of hydrogen-bond acceptors (Lipinski definition) is 19. The van der Waals surface area contributed by atoms with Crippen molar-refractivity contribution >= 4 is 53.2 Å². The van der Waals surface area contributed by atoms with Crippen molar-refractivity contribution < 1.29 is 92.7 Å². The van der Waals surface area contributed by atoms with E-state index in [4.69, 9.17) is 30.4 Å². The van der Waals surface area contributed by atoms with Crippen LogP contribution < -0.4 is 48.7 Å². The number of unbranched alkanes of at least 4 members (excludes halogenated alkanes) is 1. The van der Waals surface area contributed by atoms with E-state index in [9.17, 15) is 73.8 Å². The van der Waals surface area contributed by atoms with Crippen LogP contribution in [-0.2, 0) is 62.1 Å². The molecule has 2 rings (SSSR count). The Morgan fingerprint density at radius 1 is 0.672 bits per heavy atom. The van der Waals surface area contributed by atoms with Gasteiger partial charge in [0, 0.05) is 26.8 Å². The highest BCUT2D eigenvalue weighted by atomic mass is 16.7. The number of primary amides is 1. The first-order valence-electron chi connectivity index (χ1n) is 21.5. The fraction of sp³-hybridized carbons (Fsp3) is 0.769. The van der Waals surface area contributed by atoms with Crippen molar-refractivity contribution in [2.45, 2.75) is 171 Å². The molecule has 28 nitrogen and oxygen atoms in total. The summed E-state index contributed by atoms with van der Waals surface area (Å²) in [5, 5.41) is 78.6. The molecule has 2 heterocycles. The molecular formula is C39H67N9O19. The lowest BCUT2D eigenvalue weighted by molar-refractivity contribution is -0.333. The molecule has 2 aliphatic heterocycles. The third kappa shape index (κ3) is 18.1. The molecule has 2 aliphatic rings. The first kappa shape index (κ1) is 58.0. The quantitative estimate of drug-likeness (QED) is 0.0358. The SMILES string of the molecule is CC(=O)NC1C(OC2C(CO)OC(O)C(NC(C)=O)C2OC(C)C(=O)NC(C)C(=O)NC(CCC(=O)NC(CCCCNC(=O)C(C)NC(=O)C(C)N)C(=O)O)C(N)=O)OC(CO)C(O)C1O. The average Bonchev–Trinajstić information content (AvgIpc) is 3.25. The summed E-state index contributed by atoms with van der Waals surface area (Å²) in [6.07, 6.45) is -15.0. The second-order valence-electron chi connectivity index (χ2n) is 16.2. The van der Waals surface area contributed by atoms with Crippen LogP contribution in [0.2, 0.25) is 0 Å². The van der Waals surface area contributed by atoms with Crippen molar-refractivity contribution in [3.63, 3.8) is 0 Å². The van der Waals surface area contributed by atoms with Crippen molar-refractivity contribution in [2.24, 2.45) is 11.5 Å². The maximum absolute atomic E-state index is 13.5. The Balaban J connectivity index is 2.08. The number of carboxylic acids is 1. The zero-order valence-electron chi connectivity index (χ0n) is 38.0. The number of nitrogens with one attached hydrogen (secondary N) is 7. The lowest BCUT2D eigenvalue weighted by Gasteiger charge is -2.48. The molecule has 8 amide bonds. The van der Waals surface area contributed by atoms with Gasteiger partial charge in [-0.15, -0.1) is 0 Å². The average molecular weight is 966 g/mol. The fourth-order valence-corrected chi connectivity index (χ4v) is 6.85. The summed E-state index contributed by atoms with van der Waals surface area (Å²) in [6, 6.07) is -8.91. The highest BCUT2D eigenvalue weighted by molar-refractivity contribution is 5.92. The number of hydrogen-bond donors (Lipinski definition) is 15. The second kappa shape index (κ2) is 27.6. The van der Waals surface area contributed by atoms with Gasteiger partial charge in [-0.05, 0) is 53.4 Å². The Labute approximate surface area is 385 Å². The zero-order chi connectivity index (χ0) is 50.9. The van der Waals surface area contributed by atoms with Crippen LogP contribution in [0, 0.1) is 0 Å². The van der Waals surface area contributed by atoms with Crippen molar-refractivity contribution in [1.29, 1.82) is 0 Å². The van der Waals surface area contributed by atoms with Crippen molar-refractivity contribution in [1.82, 2.24) is 37.2 Å². The zero-order valence-corrected chi connectivity index (χ0v) is 38.0. The maximum atomic E-state index is 13.5. The van der Waals surface area contributed by atoms with E-state index in [1.165, 1.54) is 27.7 Å². The van der Waals surface area contributed by atoms with Crippen LogP contribution in [0.1, 0.15) is 73.6 Å². The monoisotopic (exact) mass is 965 g/mol.